The monoisotopic (exact) mass is 593 g/mol. The molecular weight excluding hydrogens is 554 g/mol. The summed E-state index contributed by atoms with van der Waals surface area (Å²) in [6.45, 7) is 11.6. The number of aryl methyl sites for hydroxylation is 1. The van der Waals surface area contributed by atoms with Crippen LogP contribution in [0, 0.1) is 6.92 Å². The fourth-order valence-electron chi connectivity index (χ4n) is 4.36. The molecule has 0 radical (unpaired) electrons. The minimum atomic E-state index is -0.374. The molecule has 1 aromatic carbocycles. The number of carbonyl (C=O) groups is 1. The van der Waals surface area contributed by atoms with Gasteiger partial charge in [-0.05, 0) is 56.0 Å². The zero-order valence-electron chi connectivity index (χ0n) is 26.3. The zero-order chi connectivity index (χ0) is 32.1. The highest BCUT2D eigenvalue weighted by Gasteiger charge is 2.19. The number of anilines is 1. The van der Waals surface area contributed by atoms with Gasteiger partial charge >= 0.3 is 5.69 Å². The van der Waals surface area contributed by atoms with Crippen LogP contribution in [0.5, 0.6) is 0 Å². The molecule has 6 aromatic rings. The third-order valence-corrected chi connectivity index (χ3v) is 6.25. The summed E-state index contributed by atoms with van der Waals surface area (Å²) in [7, 11) is 1.75. The van der Waals surface area contributed by atoms with E-state index >= 15 is 0 Å². The highest BCUT2D eigenvalue weighted by molar-refractivity contribution is 5.92. The quantitative estimate of drug-likeness (QED) is 0.245. The van der Waals surface area contributed by atoms with Gasteiger partial charge in [-0.2, -0.15) is 0 Å². The van der Waals surface area contributed by atoms with Crippen LogP contribution in [0.25, 0.3) is 33.6 Å². The van der Waals surface area contributed by atoms with Crippen LogP contribution in [0.1, 0.15) is 40.2 Å². The molecular formula is C33H39N9O2. The summed E-state index contributed by atoms with van der Waals surface area (Å²) >= 11 is 0. The van der Waals surface area contributed by atoms with Gasteiger partial charge in [-0.1, -0.05) is 39.8 Å². The number of fused-ring (bicyclic) bond motifs is 2. The van der Waals surface area contributed by atoms with Crippen LogP contribution in [0.3, 0.4) is 0 Å². The minimum Gasteiger partial charge on any atom is -0.323 e. The Kier molecular flexibility index (Phi) is 12.2. The first-order chi connectivity index (χ1) is 21.5. The lowest BCUT2D eigenvalue weighted by atomic mass is 10.2. The SMILES string of the molecule is CC.CC.CC=NC.Cc1cccc2c1n(-c1cnc(-c3cccn4cncc34)cn1)c(=O)n2CC(=O)Nc1cccnc1. The van der Waals surface area contributed by atoms with Crippen molar-refractivity contribution in [3.8, 4) is 17.1 Å². The molecule has 0 spiro atoms. The van der Waals surface area contributed by atoms with E-state index in [1.807, 2.05) is 82.5 Å². The molecule has 5 aromatic heterocycles. The second-order valence-corrected chi connectivity index (χ2v) is 8.82. The van der Waals surface area contributed by atoms with E-state index in [2.05, 4.69) is 30.2 Å². The maximum absolute atomic E-state index is 13.6. The third-order valence-electron chi connectivity index (χ3n) is 6.25. The Morgan fingerprint density at radius 3 is 2.36 bits per heavy atom. The fourth-order valence-corrected chi connectivity index (χ4v) is 4.36. The maximum Gasteiger partial charge on any atom is 0.335 e. The van der Waals surface area contributed by atoms with Crippen molar-refractivity contribution in [2.75, 3.05) is 12.4 Å². The standard InChI is InChI=1S/C26H20N8O2.C3H7N.2C2H6/c1-17-5-2-8-21-25(17)34(26(36)33(21)15-24(35)31-18-6-3-9-27-11-18)23-14-29-20(12-30-23)19-7-4-10-32-16-28-13-22(19)32;1-3-4-2;2*1-2/h2-14,16H,15H2,1H3,(H,31,35);3H,1-2H3;2*1-2H3. The number of para-hydroxylation sites is 1. The highest BCUT2D eigenvalue weighted by Crippen LogP contribution is 2.24. The topological polar surface area (TPSA) is 124 Å². The lowest BCUT2D eigenvalue weighted by Gasteiger charge is -2.06. The molecule has 44 heavy (non-hydrogen) atoms. The lowest BCUT2D eigenvalue weighted by molar-refractivity contribution is -0.116. The number of hydrogen-bond donors (Lipinski definition) is 1. The third kappa shape index (κ3) is 7.30. The van der Waals surface area contributed by atoms with Crippen LogP contribution in [-0.2, 0) is 11.3 Å². The average Bonchev–Trinajstić information content (AvgIpc) is 3.67. The van der Waals surface area contributed by atoms with Gasteiger partial charge in [-0.15, -0.1) is 0 Å². The minimum absolute atomic E-state index is 0.157. The molecule has 0 aliphatic carbocycles. The Balaban J connectivity index is 0.000000603. The number of nitrogens with zero attached hydrogens (tertiary/aromatic N) is 8. The van der Waals surface area contributed by atoms with Crippen molar-refractivity contribution in [3.63, 3.8) is 0 Å². The van der Waals surface area contributed by atoms with Crippen molar-refractivity contribution in [2.45, 2.75) is 48.1 Å². The molecule has 0 aliphatic rings. The number of benzene rings is 1. The van der Waals surface area contributed by atoms with Gasteiger partial charge < -0.3 is 14.7 Å². The molecule has 11 heteroatoms. The van der Waals surface area contributed by atoms with Crippen LogP contribution in [-0.4, -0.2) is 52.6 Å². The van der Waals surface area contributed by atoms with Crippen molar-refractivity contribution in [3.05, 3.63) is 102 Å². The molecule has 0 saturated carbocycles. The first kappa shape index (κ1) is 33.1. The van der Waals surface area contributed by atoms with E-state index in [0.717, 1.165) is 16.6 Å². The number of imidazole rings is 2. The Labute approximate surface area is 257 Å². The number of amides is 1. The van der Waals surface area contributed by atoms with Crippen molar-refractivity contribution >= 4 is 34.4 Å². The van der Waals surface area contributed by atoms with E-state index < -0.39 is 0 Å². The molecule has 0 unspecified atom stereocenters. The second kappa shape index (κ2) is 16.3. The first-order valence-electron chi connectivity index (χ1n) is 14.5. The van der Waals surface area contributed by atoms with Gasteiger partial charge in [0, 0.05) is 25.0 Å². The van der Waals surface area contributed by atoms with Crippen molar-refractivity contribution in [1.29, 1.82) is 0 Å². The van der Waals surface area contributed by atoms with Crippen molar-refractivity contribution in [2.24, 2.45) is 4.99 Å². The van der Waals surface area contributed by atoms with Gasteiger partial charge in [0.2, 0.25) is 5.91 Å². The molecule has 228 valence electrons. The summed E-state index contributed by atoms with van der Waals surface area (Å²) in [5.74, 6) is 0.0379. The first-order valence-corrected chi connectivity index (χ1v) is 14.5. The van der Waals surface area contributed by atoms with Gasteiger partial charge in [0.05, 0.1) is 59.0 Å². The number of rotatable bonds is 5. The van der Waals surface area contributed by atoms with Gasteiger partial charge in [0.25, 0.3) is 0 Å². The number of pyridine rings is 2. The number of aromatic nitrogens is 7. The number of aliphatic imine (C=N–C) groups is 1. The molecule has 0 saturated heterocycles. The lowest BCUT2D eigenvalue weighted by Crippen LogP contribution is -2.29. The Hall–Kier alpha value is -5.45. The van der Waals surface area contributed by atoms with Crippen LogP contribution < -0.4 is 11.0 Å². The summed E-state index contributed by atoms with van der Waals surface area (Å²) in [4.78, 5) is 47.3. The van der Waals surface area contributed by atoms with E-state index in [-0.39, 0.29) is 18.1 Å². The van der Waals surface area contributed by atoms with Crippen LogP contribution in [0.4, 0.5) is 5.69 Å². The van der Waals surface area contributed by atoms with Crippen LogP contribution in [0.2, 0.25) is 0 Å². The number of nitrogens with one attached hydrogen (secondary N) is 1. The predicted octanol–water partition coefficient (Wildman–Crippen LogP) is 6.00. The molecule has 1 N–H and O–H groups in total. The van der Waals surface area contributed by atoms with Crippen molar-refractivity contribution in [1.82, 2.24) is 33.5 Å². The van der Waals surface area contributed by atoms with Crippen LogP contribution in [0.15, 0.2) is 95.8 Å². The molecule has 1 amide bonds. The molecule has 0 fully saturated rings. The van der Waals surface area contributed by atoms with Crippen LogP contribution >= 0.6 is 0 Å². The Bertz CT molecular complexity index is 1870. The normalized spacial score (nSPS) is 10.3. The smallest absolute Gasteiger partial charge is 0.323 e. The highest BCUT2D eigenvalue weighted by atomic mass is 16.2. The molecule has 0 aliphatic heterocycles. The molecule has 5 heterocycles. The van der Waals surface area contributed by atoms with Gasteiger partial charge in [0.15, 0.2) is 5.82 Å². The summed E-state index contributed by atoms with van der Waals surface area (Å²) in [5, 5.41) is 2.78. The van der Waals surface area contributed by atoms with Crippen molar-refractivity contribution < 1.29 is 4.79 Å². The van der Waals surface area contributed by atoms with Gasteiger partial charge in [-0.3, -0.25) is 19.3 Å². The Morgan fingerprint density at radius 1 is 0.932 bits per heavy atom. The Morgan fingerprint density at radius 2 is 1.70 bits per heavy atom. The fraction of sp³-hybridized carbons (Fsp3) is 0.242. The predicted molar refractivity (Wildman–Crippen MR) is 178 cm³/mol. The van der Waals surface area contributed by atoms with E-state index in [1.165, 1.54) is 9.13 Å². The van der Waals surface area contributed by atoms with Gasteiger partial charge in [0.1, 0.15) is 6.54 Å². The summed E-state index contributed by atoms with van der Waals surface area (Å²) < 4.78 is 4.85. The maximum atomic E-state index is 13.6. The molecule has 0 atom stereocenters. The average molecular weight is 594 g/mol. The number of carbonyl (C=O) groups excluding carboxylic acids is 1. The molecule has 11 nitrogen and oxygen atoms in total. The van der Waals surface area contributed by atoms with E-state index in [0.29, 0.717) is 28.2 Å². The largest absolute Gasteiger partial charge is 0.335 e. The molecule has 6 rings (SSSR count). The summed E-state index contributed by atoms with van der Waals surface area (Å²) in [6, 6.07) is 12.9. The van der Waals surface area contributed by atoms with Gasteiger partial charge in [-0.25, -0.2) is 19.3 Å². The van der Waals surface area contributed by atoms with E-state index in [4.69, 9.17) is 0 Å². The second-order valence-electron chi connectivity index (χ2n) is 8.82. The van der Waals surface area contributed by atoms with E-state index in [1.54, 1.807) is 62.7 Å². The van der Waals surface area contributed by atoms with E-state index in [9.17, 15) is 9.59 Å². The zero-order valence-corrected chi connectivity index (χ0v) is 26.3. The summed E-state index contributed by atoms with van der Waals surface area (Å²) in [6.07, 6.45) is 13.5. The number of hydrogen-bond acceptors (Lipinski definition) is 7. The summed E-state index contributed by atoms with van der Waals surface area (Å²) in [5.41, 5.74) is 4.83. The molecule has 0 bridgehead atoms.